The lowest BCUT2D eigenvalue weighted by atomic mass is 9.96. The second-order valence-electron chi connectivity index (χ2n) is 9.24. The Bertz CT molecular complexity index is 1060. The van der Waals surface area contributed by atoms with Crippen molar-refractivity contribution < 1.29 is 13.6 Å². The highest BCUT2D eigenvalue weighted by Gasteiger charge is 2.47. The number of rotatable bonds is 4. The van der Waals surface area contributed by atoms with Crippen LogP contribution in [0.25, 0.3) is 0 Å². The fourth-order valence-corrected chi connectivity index (χ4v) is 5.38. The van der Waals surface area contributed by atoms with Gasteiger partial charge in [-0.2, -0.15) is 5.26 Å². The zero-order valence-corrected chi connectivity index (χ0v) is 17.9. The van der Waals surface area contributed by atoms with Crippen molar-refractivity contribution in [2.45, 2.75) is 32.0 Å². The Hall–Kier alpha value is -3.05. The number of carbonyl (C=O) groups is 1. The van der Waals surface area contributed by atoms with Crippen molar-refractivity contribution in [3.8, 4) is 6.07 Å². The maximum Gasteiger partial charge on any atom is 0.228 e. The Morgan fingerprint density at radius 1 is 1.16 bits per heavy atom. The molecule has 3 aliphatic rings. The highest BCUT2D eigenvalue weighted by atomic mass is 19.2. The number of hydrogen-bond donors (Lipinski definition) is 0. The van der Waals surface area contributed by atoms with Crippen molar-refractivity contribution in [3.63, 3.8) is 0 Å². The number of hydrogen-bond acceptors (Lipinski definition) is 5. The smallest absolute Gasteiger partial charge is 0.228 e. The van der Waals surface area contributed by atoms with E-state index in [1.165, 1.54) is 6.07 Å². The van der Waals surface area contributed by atoms with Crippen molar-refractivity contribution in [3.05, 3.63) is 59.3 Å². The molecule has 3 fully saturated rings. The van der Waals surface area contributed by atoms with Crippen LogP contribution in [0.1, 0.15) is 24.5 Å². The van der Waals surface area contributed by atoms with Gasteiger partial charge in [-0.1, -0.05) is 13.0 Å². The monoisotopic (exact) mass is 437 g/mol. The number of amides is 1. The molecule has 6 nitrogen and oxygen atoms in total. The van der Waals surface area contributed by atoms with Gasteiger partial charge < -0.3 is 9.80 Å². The van der Waals surface area contributed by atoms with Gasteiger partial charge >= 0.3 is 0 Å². The Kier molecular flexibility index (Phi) is 5.30. The first-order valence-corrected chi connectivity index (χ1v) is 11.0. The van der Waals surface area contributed by atoms with Crippen LogP contribution in [-0.4, -0.2) is 59.0 Å². The molecule has 3 saturated heterocycles. The third kappa shape index (κ3) is 3.71. The number of carbonyl (C=O) groups excluding carboxylic acids is 1. The molecule has 4 heterocycles. The lowest BCUT2D eigenvalue weighted by Crippen LogP contribution is -2.61. The Morgan fingerprint density at radius 2 is 1.97 bits per heavy atom. The molecule has 2 aromatic rings. The van der Waals surface area contributed by atoms with Crippen molar-refractivity contribution in [1.29, 1.82) is 5.26 Å². The van der Waals surface area contributed by atoms with Crippen LogP contribution < -0.4 is 4.90 Å². The summed E-state index contributed by atoms with van der Waals surface area (Å²) in [5, 5.41) is 9.02. The van der Waals surface area contributed by atoms with E-state index in [-0.39, 0.29) is 23.9 Å². The maximum absolute atomic E-state index is 13.4. The number of anilines is 1. The molecule has 5 rings (SSSR count). The normalized spacial score (nSPS) is 25.5. The van der Waals surface area contributed by atoms with Gasteiger partial charge in [-0.3, -0.25) is 9.69 Å². The zero-order chi connectivity index (χ0) is 22.4. The summed E-state index contributed by atoms with van der Waals surface area (Å²) in [5.74, 6) is -0.213. The van der Waals surface area contributed by atoms with E-state index in [0.29, 0.717) is 49.8 Å². The van der Waals surface area contributed by atoms with Gasteiger partial charge in [0.05, 0.1) is 17.5 Å². The predicted molar refractivity (Wildman–Crippen MR) is 114 cm³/mol. The molecule has 3 aliphatic heterocycles. The van der Waals surface area contributed by atoms with Crippen LogP contribution in [0, 0.1) is 34.8 Å². The molecular weight excluding hydrogens is 412 g/mol. The van der Waals surface area contributed by atoms with Crippen LogP contribution in [0.4, 0.5) is 14.6 Å². The van der Waals surface area contributed by atoms with E-state index in [1.807, 2.05) is 11.0 Å². The summed E-state index contributed by atoms with van der Waals surface area (Å²) < 4.78 is 26.5. The van der Waals surface area contributed by atoms with Gasteiger partial charge in [-0.05, 0) is 42.2 Å². The lowest BCUT2D eigenvalue weighted by molar-refractivity contribution is -0.142. The summed E-state index contributed by atoms with van der Waals surface area (Å²) in [6.07, 6.45) is 2.62. The number of halogens is 2. The van der Waals surface area contributed by atoms with Crippen molar-refractivity contribution in [2.75, 3.05) is 31.1 Å². The second kappa shape index (κ2) is 8.14. The fraction of sp³-hybridized carbons (Fsp3) is 0.458. The molecule has 32 heavy (non-hydrogen) atoms. The Balaban J connectivity index is 1.19. The predicted octanol–water partition coefficient (Wildman–Crippen LogP) is 2.79. The molecule has 166 valence electrons. The molecule has 0 spiro atoms. The minimum Gasteiger partial charge on any atom is -0.347 e. The number of nitrogens with zero attached hydrogens (tertiary/aromatic N) is 5. The van der Waals surface area contributed by atoms with Gasteiger partial charge in [0.1, 0.15) is 11.9 Å². The molecule has 8 heteroatoms. The van der Waals surface area contributed by atoms with Crippen LogP contribution in [0.3, 0.4) is 0 Å². The maximum atomic E-state index is 13.4. The van der Waals surface area contributed by atoms with E-state index in [4.69, 9.17) is 5.26 Å². The van der Waals surface area contributed by atoms with E-state index in [0.717, 1.165) is 18.3 Å². The van der Waals surface area contributed by atoms with Gasteiger partial charge in [0.2, 0.25) is 5.91 Å². The third-order valence-corrected chi connectivity index (χ3v) is 7.04. The minimum absolute atomic E-state index is 0.0467. The summed E-state index contributed by atoms with van der Waals surface area (Å²) in [7, 11) is 0. The van der Waals surface area contributed by atoms with Crippen LogP contribution >= 0.6 is 0 Å². The van der Waals surface area contributed by atoms with Crippen LogP contribution in [-0.2, 0) is 11.3 Å². The largest absolute Gasteiger partial charge is 0.347 e. The molecule has 1 aromatic carbocycles. The molecular formula is C24H25F2N5O. The first kappa shape index (κ1) is 20.8. The van der Waals surface area contributed by atoms with Crippen LogP contribution in [0.15, 0.2) is 36.5 Å². The first-order valence-electron chi connectivity index (χ1n) is 11.0. The van der Waals surface area contributed by atoms with E-state index >= 15 is 0 Å². The van der Waals surface area contributed by atoms with Crippen molar-refractivity contribution >= 4 is 11.7 Å². The highest BCUT2D eigenvalue weighted by Crippen LogP contribution is 2.38. The molecule has 1 aromatic heterocycles. The number of pyridine rings is 1. The van der Waals surface area contributed by atoms with Gasteiger partial charge in [0, 0.05) is 45.0 Å². The van der Waals surface area contributed by atoms with Crippen LogP contribution in [0.5, 0.6) is 0 Å². The minimum atomic E-state index is -0.843. The number of nitriles is 1. The average Bonchev–Trinajstić information content (AvgIpc) is 2.96. The van der Waals surface area contributed by atoms with Crippen LogP contribution in [0.2, 0.25) is 0 Å². The number of piperazine rings is 1. The topological polar surface area (TPSA) is 63.5 Å². The van der Waals surface area contributed by atoms with Crippen molar-refractivity contribution in [2.24, 2.45) is 11.8 Å². The average molecular weight is 437 g/mol. The molecule has 0 N–H and O–H groups in total. The van der Waals surface area contributed by atoms with Gasteiger partial charge in [-0.25, -0.2) is 13.8 Å². The molecule has 0 radical (unpaired) electrons. The third-order valence-electron chi connectivity index (χ3n) is 7.04. The quantitative estimate of drug-likeness (QED) is 0.736. The lowest BCUT2D eigenvalue weighted by Gasteiger charge is -2.46. The van der Waals surface area contributed by atoms with E-state index in [9.17, 15) is 13.6 Å². The molecule has 2 unspecified atom stereocenters. The molecule has 0 aliphatic carbocycles. The van der Waals surface area contributed by atoms with E-state index in [1.54, 1.807) is 18.3 Å². The van der Waals surface area contributed by atoms with E-state index in [2.05, 4.69) is 27.8 Å². The van der Waals surface area contributed by atoms with Gasteiger partial charge in [-0.15, -0.1) is 0 Å². The fourth-order valence-electron chi connectivity index (χ4n) is 5.38. The number of benzene rings is 1. The van der Waals surface area contributed by atoms with E-state index < -0.39 is 11.6 Å². The second-order valence-corrected chi connectivity index (χ2v) is 9.24. The summed E-state index contributed by atoms with van der Waals surface area (Å²) >= 11 is 0. The summed E-state index contributed by atoms with van der Waals surface area (Å²) in [5.41, 5.74) is 1.26. The Morgan fingerprint density at radius 3 is 2.62 bits per heavy atom. The number of aromatic nitrogens is 1. The Labute approximate surface area is 186 Å². The first-order chi connectivity index (χ1) is 15.4. The summed E-state index contributed by atoms with van der Waals surface area (Å²) in [6, 6.07) is 10.2. The van der Waals surface area contributed by atoms with Gasteiger partial charge in [0.15, 0.2) is 11.6 Å². The number of fused-ring (bicyclic) bond motifs is 2. The molecule has 1 amide bonds. The summed E-state index contributed by atoms with van der Waals surface area (Å²) in [6.45, 7) is 5.38. The van der Waals surface area contributed by atoms with Gasteiger partial charge in [0.25, 0.3) is 0 Å². The highest BCUT2D eigenvalue weighted by molar-refractivity contribution is 5.81. The molecule has 2 bridgehead atoms. The number of likely N-dealkylation sites (tertiary alicyclic amines) is 2. The van der Waals surface area contributed by atoms with Crippen molar-refractivity contribution in [1.82, 2.24) is 14.8 Å². The molecule has 3 atom stereocenters. The SMILES string of the molecule is C[C@H]1CC2CN(C(=O)C3CN(Cc4ccc(F)c(F)c4)C3)CC1N2c1ccc(C#N)cn1. The zero-order valence-electron chi connectivity index (χ0n) is 17.9. The standard InChI is InChI=1S/C24H25F2N5O/c1-15-6-19-13-30(14-22(15)31(19)23-5-3-17(8-27)9-28-23)24(32)18-11-29(12-18)10-16-2-4-20(25)21(26)7-16/h2-5,7,9,15,18-19,22H,6,10-14H2,1H3/t15-,19?,22?/m0/s1. The summed E-state index contributed by atoms with van der Waals surface area (Å²) in [4.78, 5) is 24.0. The molecule has 0 saturated carbocycles.